The Labute approximate surface area is 116 Å². The molecule has 0 aromatic heterocycles. The summed E-state index contributed by atoms with van der Waals surface area (Å²) >= 11 is 0. The molecule has 0 spiro atoms. The van der Waals surface area contributed by atoms with Crippen LogP contribution in [-0.2, 0) is 0 Å². The van der Waals surface area contributed by atoms with E-state index in [-0.39, 0.29) is 11.9 Å². The number of rotatable bonds is 7. The van der Waals surface area contributed by atoms with Crippen LogP contribution in [-0.4, -0.2) is 32.1 Å². The number of nitrogens with one attached hydrogen (secondary N) is 1. The summed E-state index contributed by atoms with van der Waals surface area (Å²) in [5.74, 6) is 1.17. The molecule has 1 aromatic carbocycles. The van der Waals surface area contributed by atoms with Crippen molar-refractivity contribution in [2.45, 2.75) is 25.8 Å². The Kier molecular flexibility index (Phi) is 4.94. The predicted molar refractivity (Wildman–Crippen MR) is 77.6 cm³/mol. The summed E-state index contributed by atoms with van der Waals surface area (Å²) in [6, 6.07) is 7.15. The molecule has 2 atom stereocenters. The molecule has 19 heavy (non-hydrogen) atoms. The average molecular weight is 264 g/mol. The number of benzene rings is 1. The van der Waals surface area contributed by atoms with Gasteiger partial charge in [-0.05, 0) is 44.8 Å². The van der Waals surface area contributed by atoms with Crippen LogP contribution in [0, 0.1) is 17.7 Å². The fraction of sp³-hybridized carbons (Fsp3) is 0.625. The normalized spacial score (nSPS) is 18.6. The quantitative estimate of drug-likeness (QED) is 0.814. The minimum Gasteiger partial charge on any atom is -0.313 e. The highest BCUT2D eigenvalue weighted by Gasteiger charge is 2.26. The van der Waals surface area contributed by atoms with Gasteiger partial charge in [-0.1, -0.05) is 25.1 Å². The highest BCUT2D eigenvalue weighted by molar-refractivity contribution is 5.21. The van der Waals surface area contributed by atoms with Crippen molar-refractivity contribution in [1.82, 2.24) is 10.2 Å². The fourth-order valence-electron chi connectivity index (χ4n) is 2.89. The Hall–Kier alpha value is -0.930. The van der Waals surface area contributed by atoms with Crippen LogP contribution in [0.25, 0.3) is 0 Å². The second kappa shape index (κ2) is 6.49. The first-order valence-electron chi connectivity index (χ1n) is 7.22. The Morgan fingerprint density at radius 2 is 2.05 bits per heavy atom. The summed E-state index contributed by atoms with van der Waals surface area (Å²) in [5, 5.41) is 3.27. The maximum absolute atomic E-state index is 13.9. The largest absolute Gasteiger partial charge is 0.313 e. The predicted octanol–water partition coefficient (Wildman–Crippen LogP) is 3.06. The molecule has 2 nitrogen and oxygen atoms in total. The summed E-state index contributed by atoms with van der Waals surface area (Å²) in [5.41, 5.74) is 0.775. The van der Waals surface area contributed by atoms with E-state index in [9.17, 15) is 4.39 Å². The second-order valence-corrected chi connectivity index (χ2v) is 5.93. The van der Waals surface area contributed by atoms with Gasteiger partial charge in [0, 0.05) is 24.7 Å². The molecule has 3 heteroatoms. The summed E-state index contributed by atoms with van der Waals surface area (Å²) in [6.07, 6.45) is 2.75. The van der Waals surface area contributed by atoms with Crippen molar-refractivity contribution in [3.63, 3.8) is 0 Å². The number of halogens is 1. The van der Waals surface area contributed by atoms with Gasteiger partial charge in [0.15, 0.2) is 0 Å². The second-order valence-electron chi connectivity index (χ2n) is 5.93. The van der Waals surface area contributed by atoms with Crippen LogP contribution in [0.5, 0.6) is 0 Å². The van der Waals surface area contributed by atoms with Crippen molar-refractivity contribution in [1.29, 1.82) is 0 Å². The minimum absolute atomic E-state index is 0.0721. The smallest absolute Gasteiger partial charge is 0.127 e. The highest BCUT2D eigenvalue weighted by Crippen LogP contribution is 2.30. The molecule has 0 radical (unpaired) electrons. The summed E-state index contributed by atoms with van der Waals surface area (Å²) in [6.45, 7) is 4.37. The Morgan fingerprint density at radius 3 is 2.63 bits per heavy atom. The van der Waals surface area contributed by atoms with Gasteiger partial charge in [0.25, 0.3) is 0 Å². The number of hydrogen-bond donors (Lipinski definition) is 1. The summed E-state index contributed by atoms with van der Waals surface area (Å²) in [4.78, 5) is 2.38. The molecule has 1 N–H and O–H groups in total. The van der Waals surface area contributed by atoms with Gasteiger partial charge in [-0.3, -0.25) is 0 Å². The number of nitrogens with zero attached hydrogens (tertiary/aromatic N) is 1. The zero-order valence-electron chi connectivity index (χ0n) is 12.2. The van der Waals surface area contributed by atoms with Gasteiger partial charge < -0.3 is 10.2 Å². The first-order chi connectivity index (χ1) is 9.11. The van der Waals surface area contributed by atoms with Crippen LogP contribution in [0.2, 0.25) is 0 Å². The molecule has 0 saturated heterocycles. The zero-order valence-corrected chi connectivity index (χ0v) is 12.2. The van der Waals surface area contributed by atoms with Crippen molar-refractivity contribution >= 4 is 0 Å². The van der Waals surface area contributed by atoms with Gasteiger partial charge in [-0.2, -0.15) is 0 Å². The molecule has 0 heterocycles. The van der Waals surface area contributed by atoms with Crippen molar-refractivity contribution in [2.24, 2.45) is 11.8 Å². The third-order valence-corrected chi connectivity index (χ3v) is 3.99. The van der Waals surface area contributed by atoms with E-state index in [1.54, 1.807) is 12.1 Å². The van der Waals surface area contributed by atoms with E-state index in [0.717, 1.165) is 18.0 Å². The summed E-state index contributed by atoms with van der Waals surface area (Å²) in [7, 11) is 4.08. The van der Waals surface area contributed by atoms with E-state index < -0.39 is 0 Å². The summed E-state index contributed by atoms with van der Waals surface area (Å²) < 4.78 is 13.9. The van der Waals surface area contributed by atoms with Crippen LogP contribution in [0.3, 0.4) is 0 Å². The molecule has 0 amide bonds. The molecule has 0 bridgehead atoms. The maximum Gasteiger partial charge on any atom is 0.127 e. The Bertz CT molecular complexity index is 403. The minimum atomic E-state index is -0.112. The van der Waals surface area contributed by atoms with E-state index in [1.165, 1.54) is 19.4 Å². The van der Waals surface area contributed by atoms with Crippen LogP contribution < -0.4 is 5.32 Å². The van der Waals surface area contributed by atoms with Gasteiger partial charge >= 0.3 is 0 Å². The molecule has 1 saturated carbocycles. The molecule has 106 valence electrons. The van der Waals surface area contributed by atoms with Gasteiger partial charge in [0.2, 0.25) is 0 Å². The third kappa shape index (κ3) is 4.02. The van der Waals surface area contributed by atoms with E-state index in [0.29, 0.717) is 5.92 Å². The molecule has 1 aromatic rings. The molecule has 1 aliphatic carbocycles. The standard InChI is InChI=1S/C16H25FN2/c1-12(10-19(3)11-13-8-9-13)16(18-2)14-6-4-5-7-15(14)17/h4-7,12-13,16,18H,8-11H2,1-3H3. The molecular formula is C16H25FN2. The Morgan fingerprint density at radius 1 is 1.37 bits per heavy atom. The van der Waals surface area contributed by atoms with Crippen molar-refractivity contribution < 1.29 is 4.39 Å². The lowest BCUT2D eigenvalue weighted by Crippen LogP contribution is -2.34. The molecule has 0 aliphatic heterocycles. The third-order valence-electron chi connectivity index (χ3n) is 3.99. The van der Waals surface area contributed by atoms with E-state index in [1.807, 2.05) is 19.2 Å². The van der Waals surface area contributed by atoms with Crippen molar-refractivity contribution in [3.05, 3.63) is 35.6 Å². The monoisotopic (exact) mass is 264 g/mol. The molecule has 1 fully saturated rings. The van der Waals surface area contributed by atoms with Gasteiger partial charge in [-0.25, -0.2) is 4.39 Å². The topological polar surface area (TPSA) is 15.3 Å². The van der Waals surface area contributed by atoms with E-state index >= 15 is 0 Å². The molecule has 2 unspecified atom stereocenters. The molecular weight excluding hydrogens is 239 g/mol. The lowest BCUT2D eigenvalue weighted by atomic mass is 9.93. The van der Waals surface area contributed by atoms with Gasteiger partial charge in [0.05, 0.1) is 0 Å². The van der Waals surface area contributed by atoms with E-state index in [4.69, 9.17) is 0 Å². The average Bonchev–Trinajstić information content (AvgIpc) is 3.16. The van der Waals surface area contributed by atoms with Crippen LogP contribution in [0.15, 0.2) is 24.3 Å². The van der Waals surface area contributed by atoms with Crippen LogP contribution in [0.4, 0.5) is 4.39 Å². The fourth-order valence-corrected chi connectivity index (χ4v) is 2.89. The first kappa shape index (κ1) is 14.5. The number of hydrogen-bond acceptors (Lipinski definition) is 2. The SMILES string of the molecule is CNC(c1ccccc1F)C(C)CN(C)CC1CC1. The first-order valence-corrected chi connectivity index (χ1v) is 7.22. The maximum atomic E-state index is 13.9. The van der Waals surface area contributed by atoms with Crippen molar-refractivity contribution in [3.8, 4) is 0 Å². The highest BCUT2D eigenvalue weighted by atomic mass is 19.1. The van der Waals surface area contributed by atoms with Crippen LogP contribution >= 0.6 is 0 Å². The lowest BCUT2D eigenvalue weighted by Gasteiger charge is -2.28. The molecule has 2 rings (SSSR count). The zero-order chi connectivity index (χ0) is 13.8. The van der Waals surface area contributed by atoms with Crippen molar-refractivity contribution in [2.75, 3.05) is 27.2 Å². The molecule has 1 aliphatic rings. The van der Waals surface area contributed by atoms with Crippen LogP contribution in [0.1, 0.15) is 31.4 Å². The van der Waals surface area contributed by atoms with E-state index in [2.05, 4.69) is 24.2 Å². The Balaban J connectivity index is 1.97. The van der Waals surface area contributed by atoms with Gasteiger partial charge in [0.1, 0.15) is 5.82 Å². The van der Waals surface area contributed by atoms with Gasteiger partial charge in [-0.15, -0.1) is 0 Å². The lowest BCUT2D eigenvalue weighted by molar-refractivity contribution is 0.242.